The van der Waals surface area contributed by atoms with Gasteiger partial charge in [-0.3, -0.25) is 4.90 Å². The minimum absolute atomic E-state index is 0.180. The molecule has 0 radical (unpaired) electrons. The number of likely N-dealkylation sites (tertiary alicyclic amines) is 1. The van der Waals surface area contributed by atoms with Crippen molar-refractivity contribution < 1.29 is 4.39 Å². The number of aromatic amines is 2. The first-order chi connectivity index (χ1) is 11.1. The molecule has 1 saturated heterocycles. The smallest absolute Gasteiger partial charge is 0.123 e. The van der Waals surface area contributed by atoms with Crippen LogP contribution in [0.5, 0.6) is 0 Å². The molecule has 3 heterocycles. The molecule has 5 heteroatoms. The normalized spacial score (nSPS) is 19.0. The van der Waals surface area contributed by atoms with E-state index in [-0.39, 0.29) is 5.82 Å². The van der Waals surface area contributed by atoms with Crippen LogP contribution in [-0.2, 0) is 6.54 Å². The molecule has 1 aromatic carbocycles. The van der Waals surface area contributed by atoms with Crippen LogP contribution in [0, 0.1) is 19.7 Å². The minimum Gasteiger partial charge on any atom is -0.357 e. The van der Waals surface area contributed by atoms with Crippen molar-refractivity contribution in [1.82, 2.24) is 19.9 Å². The van der Waals surface area contributed by atoms with Gasteiger partial charge in [0.25, 0.3) is 0 Å². The van der Waals surface area contributed by atoms with Crippen molar-refractivity contribution in [3.63, 3.8) is 0 Å². The third-order valence-corrected chi connectivity index (χ3v) is 4.89. The first-order valence-corrected chi connectivity index (χ1v) is 8.10. The van der Waals surface area contributed by atoms with Crippen LogP contribution in [0.3, 0.4) is 0 Å². The average Bonchev–Trinajstić information content (AvgIpc) is 3.22. The van der Waals surface area contributed by atoms with E-state index in [4.69, 9.17) is 0 Å². The summed E-state index contributed by atoms with van der Waals surface area (Å²) in [7, 11) is 0. The van der Waals surface area contributed by atoms with Gasteiger partial charge in [0, 0.05) is 47.5 Å². The number of aromatic nitrogens is 3. The van der Waals surface area contributed by atoms with Crippen molar-refractivity contribution in [2.75, 3.05) is 13.1 Å². The number of halogens is 1. The Balaban J connectivity index is 1.52. The lowest BCUT2D eigenvalue weighted by Crippen LogP contribution is -2.20. The van der Waals surface area contributed by atoms with Crippen LogP contribution < -0.4 is 0 Å². The Hall–Kier alpha value is -2.14. The molecule has 0 saturated carbocycles. The molecule has 4 nitrogen and oxygen atoms in total. The number of benzene rings is 1. The summed E-state index contributed by atoms with van der Waals surface area (Å²) in [4.78, 5) is 13.7. The average molecular weight is 312 g/mol. The molecule has 1 aliphatic heterocycles. The van der Waals surface area contributed by atoms with E-state index in [0.717, 1.165) is 54.0 Å². The molecule has 0 aliphatic carbocycles. The molecule has 0 unspecified atom stereocenters. The molecule has 1 aliphatic rings. The van der Waals surface area contributed by atoms with Gasteiger partial charge in [-0.1, -0.05) is 0 Å². The summed E-state index contributed by atoms with van der Waals surface area (Å²) in [5.41, 5.74) is 4.46. The maximum Gasteiger partial charge on any atom is 0.123 e. The fourth-order valence-electron chi connectivity index (χ4n) is 3.58. The van der Waals surface area contributed by atoms with Gasteiger partial charge in [0.1, 0.15) is 11.6 Å². The van der Waals surface area contributed by atoms with Gasteiger partial charge in [0.15, 0.2) is 0 Å². The molecule has 4 rings (SSSR count). The Morgan fingerprint density at radius 3 is 2.96 bits per heavy atom. The zero-order valence-corrected chi connectivity index (χ0v) is 13.5. The molecule has 1 atom stereocenters. The maximum atomic E-state index is 13.4. The van der Waals surface area contributed by atoms with Gasteiger partial charge < -0.3 is 9.97 Å². The summed E-state index contributed by atoms with van der Waals surface area (Å²) in [5, 5.41) is 0.984. The molecule has 120 valence electrons. The zero-order valence-electron chi connectivity index (χ0n) is 13.5. The fourth-order valence-corrected chi connectivity index (χ4v) is 3.58. The van der Waals surface area contributed by atoms with Gasteiger partial charge in [-0.15, -0.1) is 0 Å². The summed E-state index contributed by atoms with van der Waals surface area (Å²) in [5.74, 6) is 1.40. The predicted octanol–water partition coefficient (Wildman–Crippen LogP) is 3.64. The van der Waals surface area contributed by atoms with E-state index in [1.807, 2.05) is 19.2 Å². The Bertz CT molecular complexity index is 848. The minimum atomic E-state index is -0.180. The largest absolute Gasteiger partial charge is 0.357 e. The van der Waals surface area contributed by atoms with Crippen LogP contribution in [0.4, 0.5) is 4.39 Å². The number of hydrogen-bond acceptors (Lipinski definition) is 2. The highest BCUT2D eigenvalue weighted by Gasteiger charge is 2.26. The molecule has 3 aromatic rings. The summed E-state index contributed by atoms with van der Waals surface area (Å²) in [6.45, 7) is 7.05. The monoisotopic (exact) mass is 312 g/mol. The van der Waals surface area contributed by atoms with E-state index in [2.05, 4.69) is 26.8 Å². The van der Waals surface area contributed by atoms with Crippen LogP contribution in [0.1, 0.15) is 35.1 Å². The first kappa shape index (κ1) is 14.5. The van der Waals surface area contributed by atoms with E-state index in [0.29, 0.717) is 5.92 Å². The number of nitrogens with zero attached hydrogens (tertiary/aromatic N) is 2. The molecule has 0 bridgehead atoms. The second-order valence-electron chi connectivity index (χ2n) is 6.59. The van der Waals surface area contributed by atoms with Crippen molar-refractivity contribution in [2.24, 2.45) is 0 Å². The van der Waals surface area contributed by atoms with Gasteiger partial charge in [0.2, 0.25) is 0 Å². The Morgan fingerprint density at radius 2 is 2.17 bits per heavy atom. The fraction of sp³-hybridized carbons (Fsp3) is 0.389. The van der Waals surface area contributed by atoms with Crippen LogP contribution >= 0.6 is 0 Å². The zero-order chi connectivity index (χ0) is 16.0. The lowest BCUT2D eigenvalue weighted by atomic mass is 10.1. The molecular weight excluding hydrogens is 291 g/mol. The maximum absolute atomic E-state index is 13.4. The molecule has 1 fully saturated rings. The topological polar surface area (TPSA) is 47.7 Å². The lowest BCUT2D eigenvalue weighted by molar-refractivity contribution is 0.322. The number of fused-ring (bicyclic) bond motifs is 1. The lowest BCUT2D eigenvalue weighted by Gasteiger charge is -2.15. The highest BCUT2D eigenvalue weighted by molar-refractivity contribution is 5.84. The molecule has 0 spiro atoms. The molecular formula is C18H21FN4. The third kappa shape index (κ3) is 2.65. The van der Waals surface area contributed by atoms with Crippen molar-refractivity contribution in [2.45, 2.75) is 32.7 Å². The van der Waals surface area contributed by atoms with E-state index < -0.39 is 0 Å². The van der Waals surface area contributed by atoms with Gasteiger partial charge >= 0.3 is 0 Å². The first-order valence-electron chi connectivity index (χ1n) is 8.10. The summed E-state index contributed by atoms with van der Waals surface area (Å²) in [6.07, 6.45) is 3.02. The second kappa shape index (κ2) is 5.49. The summed E-state index contributed by atoms with van der Waals surface area (Å²) in [6, 6.07) is 4.94. The molecule has 23 heavy (non-hydrogen) atoms. The van der Waals surface area contributed by atoms with Crippen LogP contribution in [-0.4, -0.2) is 32.9 Å². The van der Waals surface area contributed by atoms with Crippen LogP contribution in [0.2, 0.25) is 0 Å². The van der Waals surface area contributed by atoms with E-state index >= 15 is 0 Å². The Morgan fingerprint density at radius 1 is 1.30 bits per heavy atom. The van der Waals surface area contributed by atoms with Gasteiger partial charge in [-0.25, -0.2) is 9.37 Å². The molecule has 2 aromatic heterocycles. The van der Waals surface area contributed by atoms with Gasteiger partial charge in [-0.2, -0.15) is 0 Å². The standard InChI is InChI=1S/C18H21FN4/c1-11-8-20-18(21-11)13-5-6-23(9-13)10-17-12(2)15-7-14(19)3-4-16(15)22-17/h3-4,7-8,13,22H,5-6,9-10H2,1-2H3,(H,20,21)/t13-/m0/s1. The van der Waals surface area contributed by atoms with Gasteiger partial charge in [-0.05, 0) is 50.6 Å². The summed E-state index contributed by atoms with van der Waals surface area (Å²) < 4.78 is 13.4. The number of aryl methyl sites for hydroxylation is 2. The predicted molar refractivity (Wildman–Crippen MR) is 89.0 cm³/mol. The highest BCUT2D eigenvalue weighted by atomic mass is 19.1. The van der Waals surface area contributed by atoms with Crippen LogP contribution in [0.25, 0.3) is 10.9 Å². The number of rotatable bonds is 3. The number of hydrogen-bond donors (Lipinski definition) is 2. The van der Waals surface area contributed by atoms with Crippen molar-refractivity contribution in [1.29, 1.82) is 0 Å². The Kier molecular flexibility index (Phi) is 3.45. The Labute approximate surface area is 134 Å². The van der Waals surface area contributed by atoms with Crippen molar-refractivity contribution in [3.8, 4) is 0 Å². The SMILES string of the molecule is Cc1cnc([C@H]2CCN(Cc3[nH]c4ccc(F)cc4c3C)C2)[nH]1. The second-order valence-corrected chi connectivity index (χ2v) is 6.59. The van der Waals surface area contributed by atoms with E-state index in [1.165, 1.54) is 11.8 Å². The molecule has 2 N–H and O–H groups in total. The van der Waals surface area contributed by atoms with E-state index in [1.54, 1.807) is 6.07 Å². The highest BCUT2D eigenvalue weighted by Crippen LogP contribution is 2.28. The van der Waals surface area contributed by atoms with E-state index in [9.17, 15) is 4.39 Å². The molecule has 0 amide bonds. The summed E-state index contributed by atoms with van der Waals surface area (Å²) >= 11 is 0. The quantitative estimate of drug-likeness (QED) is 0.776. The van der Waals surface area contributed by atoms with Crippen LogP contribution in [0.15, 0.2) is 24.4 Å². The van der Waals surface area contributed by atoms with Gasteiger partial charge in [0.05, 0.1) is 0 Å². The number of H-pyrrole nitrogens is 2. The number of imidazole rings is 1. The van der Waals surface area contributed by atoms with Crippen molar-refractivity contribution in [3.05, 3.63) is 53.0 Å². The third-order valence-electron chi connectivity index (χ3n) is 4.89. The number of nitrogens with one attached hydrogen (secondary N) is 2. The van der Waals surface area contributed by atoms with Crippen molar-refractivity contribution >= 4 is 10.9 Å².